The van der Waals surface area contributed by atoms with Crippen molar-refractivity contribution in [1.29, 1.82) is 0 Å². The number of hydrogen-bond acceptors (Lipinski definition) is 3. The molecule has 0 aliphatic heterocycles. The summed E-state index contributed by atoms with van der Waals surface area (Å²) in [6.07, 6.45) is 26.4. The minimum atomic E-state index is -0.845. The predicted molar refractivity (Wildman–Crippen MR) is 124 cm³/mol. The Morgan fingerprint density at radius 1 is 0.862 bits per heavy atom. The number of aliphatic hydroxyl groups is 2. The fourth-order valence-corrected chi connectivity index (χ4v) is 2.76. The lowest BCUT2D eigenvalue weighted by atomic mass is 10.1. The zero-order valence-electron chi connectivity index (χ0n) is 18.6. The van der Waals surface area contributed by atoms with E-state index in [1.807, 2.05) is 6.08 Å². The van der Waals surface area contributed by atoms with Crippen LogP contribution in [-0.4, -0.2) is 34.9 Å². The summed E-state index contributed by atoms with van der Waals surface area (Å²) >= 11 is 0. The molecule has 0 aromatic rings. The molecular formula is C25H43NO3. The van der Waals surface area contributed by atoms with Crippen molar-refractivity contribution in [3.05, 3.63) is 48.6 Å². The number of nitrogens with one attached hydrogen (secondary N) is 1. The van der Waals surface area contributed by atoms with Crippen molar-refractivity contribution in [1.82, 2.24) is 5.32 Å². The molecule has 2 atom stereocenters. The molecule has 0 radical (unpaired) electrons. The van der Waals surface area contributed by atoms with E-state index in [0.29, 0.717) is 6.42 Å². The van der Waals surface area contributed by atoms with Crippen LogP contribution in [-0.2, 0) is 4.79 Å². The SMILES string of the molecule is CC/C=C\C/C=C\C/C=C\CCCCCC(=O)NC(CO)C(O)/C=C/CCCC. The molecule has 0 aliphatic carbocycles. The normalized spacial score (nSPS) is 14.5. The summed E-state index contributed by atoms with van der Waals surface area (Å²) in [5, 5.41) is 22.2. The van der Waals surface area contributed by atoms with E-state index in [0.717, 1.165) is 64.2 Å². The number of allylic oxidation sites excluding steroid dienone is 7. The van der Waals surface area contributed by atoms with E-state index in [1.165, 1.54) is 0 Å². The second kappa shape index (κ2) is 21.1. The number of rotatable bonds is 18. The van der Waals surface area contributed by atoms with Gasteiger partial charge in [0.1, 0.15) is 0 Å². The highest BCUT2D eigenvalue weighted by Gasteiger charge is 2.17. The Hall–Kier alpha value is -1.65. The molecule has 0 heterocycles. The van der Waals surface area contributed by atoms with Crippen molar-refractivity contribution in [3.8, 4) is 0 Å². The fourth-order valence-electron chi connectivity index (χ4n) is 2.76. The fraction of sp³-hybridized carbons (Fsp3) is 0.640. The van der Waals surface area contributed by atoms with Gasteiger partial charge in [-0.2, -0.15) is 0 Å². The highest BCUT2D eigenvalue weighted by Crippen LogP contribution is 2.06. The minimum Gasteiger partial charge on any atom is -0.394 e. The van der Waals surface area contributed by atoms with Gasteiger partial charge in [0.25, 0.3) is 0 Å². The maximum atomic E-state index is 12.0. The Bertz CT molecular complexity index is 494. The molecule has 166 valence electrons. The Morgan fingerprint density at radius 2 is 1.52 bits per heavy atom. The molecule has 0 bridgehead atoms. The van der Waals surface area contributed by atoms with E-state index in [1.54, 1.807) is 6.08 Å². The lowest BCUT2D eigenvalue weighted by molar-refractivity contribution is -0.123. The number of carbonyl (C=O) groups excluding carboxylic acids is 1. The predicted octanol–water partition coefficient (Wildman–Crippen LogP) is 5.38. The molecule has 3 N–H and O–H groups in total. The second-order valence-electron chi connectivity index (χ2n) is 7.31. The van der Waals surface area contributed by atoms with Crippen LogP contribution in [0.1, 0.15) is 84.5 Å². The summed E-state index contributed by atoms with van der Waals surface area (Å²) in [5.74, 6) is -0.108. The van der Waals surface area contributed by atoms with Gasteiger partial charge in [-0.15, -0.1) is 0 Å². The first kappa shape index (κ1) is 27.4. The van der Waals surface area contributed by atoms with Gasteiger partial charge in [0.05, 0.1) is 18.8 Å². The summed E-state index contributed by atoms with van der Waals surface area (Å²) in [4.78, 5) is 12.0. The molecule has 0 saturated carbocycles. The van der Waals surface area contributed by atoms with Gasteiger partial charge in [0.2, 0.25) is 5.91 Å². The summed E-state index contributed by atoms with van der Waals surface area (Å²) in [6.45, 7) is 3.99. The Labute approximate surface area is 178 Å². The van der Waals surface area contributed by atoms with E-state index in [9.17, 15) is 15.0 Å². The van der Waals surface area contributed by atoms with Crippen molar-refractivity contribution in [2.24, 2.45) is 0 Å². The Balaban J connectivity index is 3.80. The third-order valence-corrected chi connectivity index (χ3v) is 4.57. The monoisotopic (exact) mass is 405 g/mol. The lowest BCUT2D eigenvalue weighted by Gasteiger charge is -2.19. The molecule has 0 fully saturated rings. The van der Waals surface area contributed by atoms with Crippen molar-refractivity contribution in [3.63, 3.8) is 0 Å². The van der Waals surface area contributed by atoms with Crippen molar-refractivity contribution in [2.75, 3.05) is 6.61 Å². The van der Waals surface area contributed by atoms with Crippen molar-refractivity contribution in [2.45, 2.75) is 96.6 Å². The average Bonchev–Trinajstić information content (AvgIpc) is 2.72. The van der Waals surface area contributed by atoms with Gasteiger partial charge in [0, 0.05) is 6.42 Å². The van der Waals surface area contributed by atoms with E-state index in [4.69, 9.17) is 0 Å². The zero-order chi connectivity index (χ0) is 21.6. The lowest BCUT2D eigenvalue weighted by Crippen LogP contribution is -2.45. The van der Waals surface area contributed by atoms with E-state index in [-0.39, 0.29) is 12.5 Å². The number of carbonyl (C=O) groups is 1. The van der Waals surface area contributed by atoms with Crippen LogP contribution >= 0.6 is 0 Å². The molecule has 1 amide bonds. The summed E-state index contributed by atoms with van der Waals surface area (Å²) in [5.41, 5.74) is 0. The highest BCUT2D eigenvalue weighted by atomic mass is 16.3. The van der Waals surface area contributed by atoms with Gasteiger partial charge in [0.15, 0.2) is 0 Å². The number of hydrogen-bond donors (Lipinski definition) is 3. The summed E-state index contributed by atoms with van der Waals surface area (Å²) < 4.78 is 0. The largest absolute Gasteiger partial charge is 0.394 e. The first-order valence-corrected chi connectivity index (χ1v) is 11.4. The van der Waals surface area contributed by atoms with Crippen LogP contribution in [0.5, 0.6) is 0 Å². The van der Waals surface area contributed by atoms with Gasteiger partial charge >= 0.3 is 0 Å². The van der Waals surface area contributed by atoms with Gasteiger partial charge in [-0.3, -0.25) is 4.79 Å². The van der Waals surface area contributed by atoms with E-state index in [2.05, 4.69) is 55.6 Å². The zero-order valence-corrected chi connectivity index (χ0v) is 18.6. The van der Waals surface area contributed by atoms with Crippen molar-refractivity contribution < 1.29 is 15.0 Å². The van der Waals surface area contributed by atoms with Crippen LogP contribution in [0, 0.1) is 0 Å². The highest BCUT2D eigenvalue weighted by molar-refractivity contribution is 5.76. The molecule has 0 aromatic carbocycles. The minimum absolute atomic E-state index is 0.108. The number of aliphatic hydroxyl groups excluding tert-OH is 2. The first-order valence-electron chi connectivity index (χ1n) is 11.4. The third kappa shape index (κ3) is 18.1. The molecule has 4 nitrogen and oxygen atoms in total. The molecule has 29 heavy (non-hydrogen) atoms. The summed E-state index contributed by atoms with van der Waals surface area (Å²) in [7, 11) is 0. The van der Waals surface area contributed by atoms with Gasteiger partial charge in [-0.05, 0) is 44.9 Å². The van der Waals surface area contributed by atoms with Crippen LogP contribution in [0.15, 0.2) is 48.6 Å². The molecule has 0 aromatic heterocycles. The Morgan fingerprint density at radius 3 is 2.17 bits per heavy atom. The number of unbranched alkanes of at least 4 members (excludes halogenated alkanes) is 5. The molecule has 0 spiro atoms. The number of amides is 1. The van der Waals surface area contributed by atoms with Crippen LogP contribution < -0.4 is 5.32 Å². The van der Waals surface area contributed by atoms with Gasteiger partial charge < -0.3 is 15.5 Å². The second-order valence-corrected chi connectivity index (χ2v) is 7.31. The molecule has 4 heteroatoms. The molecule has 0 rings (SSSR count). The maximum Gasteiger partial charge on any atom is 0.220 e. The smallest absolute Gasteiger partial charge is 0.220 e. The third-order valence-electron chi connectivity index (χ3n) is 4.57. The average molecular weight is 406 g/mol. The first-order chi connectivity index (χ1) is 14.2. The molecule has 0 saturated heterocycles. The molecular weight excluding hydrogens is 362 g/mol. The molecule has 0 aliphatic rings. The standard InChI is InChI=1S/C25H43NO3/c1-3-5-7-9-10-11-12-13-14-15-16-17-19-21-25(29)26-23(22-27)24(28)20-18-8-6-4-2/h5,7,10-11,13-14,18,20,23-24,27-28H,3-4,6,8-9,12,15-17,19,21-22H2,1-2H3,(H,26,29)/b7-5-,11-10-,14-13-,20-18+. The van der Waals surface area contributed by atoms with Crippen LogP contribution in [0.2, 0.25) is 0 Å². The molecule has 2 unspecified atom stereocenters. The van der Waals surface area contributed by atoms with Crippen LogP contribution in [0.4, 0.5) is 0 Å². The van der Waals surface area contributed by atoms with Crippen LogP contribution in [0.25, 0.3) is 0 Å². The van der Waals surface area contributed by atoms with E-state index < -0.39 is 12.1 Å². The van der Waals surface area contributed by atoms with Gasteiger partial charge in [-0.1, -0.05) is 81.7 Å². The quantitative estimate of drug-likeness (QED) is 0.212. The van der Waals surface area contributed by atoms with Crippen molar-refractivity contribution >= 4 is 5.91 Å². The van der Waals surface area contributed by atoms with Gasteiger partial charge in [-0.25, -0.2) is 0 Å². The topological polar surface area (TPSA) is 69.6 Å². The maximum absolute atomic E-state index is 12.0. The van der Waals surface area contributed by atoms with E-state index >= 15 is 0 Å². The summed E-state index contributed by atoms with van der Waals surface area (Å²) in [6, 6.07) is -0.631. The van der Waals surface area contributed by atoms with Crippen LogP contribution in [0.3, 0.4) is 0 Å². The Kier molecular flexibility index (Phi) is 19.9.